The quantitative estimate of drug-likeness (QED) is 0.458. The molecule has 1 aromatic heterocycles. The molecule has 0 saturated heterocycles. The van der Waals surface area contributed by atoms with E-state index >= 15 is 0 Å². The van der Waals surface area contributed by atoms with Gasteiger partial charge in [0.05, 0.1) is 19.0 Å². The van der Waals surface area contributed by atoms with E-state index in [2.05, 4.69) is 20.4 Å². The zero-order valence-electron chi connectivity index (χ0n) is 14.8. The van der Waals surface area contributed by atoms with E-state index in [1.165, 1.54) is 13.2 Å². The van der Waals surface area contributed by atoms with Crippen LogP contribution < -0.4 is 10.6 Å². The number of imidazole rings is 1. The smallest absolute Gasteiger partial charge is 0.338 e. The number of urea groups is 1. The van der Waals surface area contributed by atoms with Crippen LogP contribution in [-0.2, 0) is 11.3 Å². The van der Waals surface area contributed by atoms with Crippen LogP contribution in [0.2, 0.25) is 0 Å². The maximum atomic E-state index is 12.0. The number of benzene rings is 2. The first-order valence-electron chi connectivity index (χ1n) is 8.42. The van der Waals surface area contributed by atoms with Gasteiger partial charge in [-0.05, 0) is 36.1 Å². The van der Waals surface area contributed by atoms with Gasteiger partial charge in [-0.25, -0.2) is 14.6 Å². The molecule has 2 aromatic carbocycles. The summed E-state index contributed by atoms with van der Waals surface area (Å²) in [7, 11) is 1.28. The summed E-state index contributed by atoms with van der Waals surface area (Å²) in [4.78, 5) is 27.6. The van der Waals surface area contributed by atoms with E-state index in [0.717, 1.165) is 13.0 Å². The number of nitrogens with one attached hydrogen (secondary N) is 2. The minimum Gasteiger partial charge on any atom is -0.507 e. The summed E-state index contributed by atoms with van der Waals surface area (Å²) in [5, 5.41) is 16.9. The van der Waals surface area contributed by atoms with Crippen molar-refractivity contribution in [2.75, 3.05) is 19.0 Å². The van der Waals surface area contributed by atoms with Gasteiger partial charge in [0, 0.05) is 36.6 Å². The molecule has 0 radical (unpaired) electrons. The van der Waals surface area contributed by atoms with Crippen molar-refractivity contribution in [2.24, 2.45) is 0 Å². The molecule has 0 spiro atoms. The average Bonchev–Trinajstić information content (AvgIpc) is 3.18. The van der Waals surface area contributed by atoms with Crippen LogP contribution in [0.4, 0.5) is 10.5 Å². The molecular weight excluding hydrogens is 348 g/mol. The number of phenolic OH excluding ortho intramolecular Hbond substituents is 1. The summed E-state index contributed by atoms with van der Waals surface area (Å²) in [5.41, 5.74) is 0.801. The lowest BCUT2D eigenvalue weighted by molar-refractivity contribution is 0.0600. The molecule has 1 heterocycles. The molecule has 8 nitrogen and oxygen atoms in total. The molecule has 0 aliphatic heterocycles. The number of phenols is 1. The average molecular weight is 368 g/mol. The molecule has 0 aliphatic rings. The molecule has 0 atom stereocenters. The van der Waals surface area contributed by atoms with Gasteiger partial charge >= 0.3 is 12.0 Å². The number of esters is 1. The second kappa shape index (κ2) is 8.22. The fourth-order valence-corrected chi connectivity index (χ4v) is 2.71. The first-order valence-corrected chi connectivity index (χ1v) is 8.42. The molecule has 0 fully saturated rings. The molecule has 8 heteroatoms. The number of aryl methyl sites for hydroxylation is 1. The Morgan fingerprint density at radius 2 is 2.11 bits per heavy atom. The summed E-state index contributed by atoms with van der Waals surface area (Å²) in [6, 6.07) is 7.71. The molecule has 3 N–H and O–H groups in total. The van der Waals surface area contributed by atoms with E-state index in [1.807, 2.05) is 10.8 Å². The molecule has 0 bridgehead atoms. The number of rotatable bonds is 6. The highest BCUT2D eigenvalue weighted by Crippen LogP contribution is 2.29. The van der Waals surface area contributed by atoms with Crippen LogP contribution in [0.25, 0.3) is 10.8 Å². The Labute approximate surface area is 155 Å². The number of hydrogen-bond donors (Lipinski definition) is 3. The molecular formula is C19H20N4O4. The maximum Gasteiger partial charge on any atom is 0.338 e. The number of aromatic nitrogens is 2. The van der Waals surface area contributed by atoms with Crippen LogP contribution in [0.1, 0.15) is 16.8 Å². The fraction of sp³-hybridized carbons (Fsp3) is 0.211. The van der Waals surface area contributed by atoms with Crippen molar-refractivity contribution >= 4 is 28.5 Å². The topological polar surface area (TPSA) is 105 Å². The Bertz CT molecular complexity index is 954. The van der Waals surface area contributed by atoms with Crippen molar-refractivity contribution in [2.45, 2.75) is 13.0 Å². The molecule has 0 unspecified atom stereocenters. The Kier molecular flexibility index (Phi) is 5.55. The molecule has 0 aliphatic carbocycles. The van der Waals surface area contributed by atoms with Gasteiger partial charge in [-0.1, -0.05) is 6.07 Å². The summed E-state index contributed by atoms with van der Waals surface area (Å²) >= 11 is 0. The summed E-state index contributed by atoms with van der Waals surface area (Å²) in [6.07, 6.45) is 6.09. The first-order chi connectivity index (χ1) is 13.1. The Morgan fingerprint density at radius 3 is 2.85 bits per heavy atom. The number of methoxy groups -OCH3 is 1. The normalized spacial score (nSPS) is 10.6. The van der Waals surface area contributed by atoms with Gasteiger partial charge in [0.1, 0.15) is 5.75 Å². The molecule has 27 heavy (non-hydrogen) atoms. The number of anilines is 1. The third-order valence-electron chi connectivity index (χ3n) is 4.05. The third-order valence-corrected chi connectivity index (χ3v) is 4.05. The van der Waals surface area contributed by atoms with Gasteiger partial charge in [0.2, 0.25) is 0 Å². The van der Waals surface area contributed by atoms with E-state index in [9.17, 15) is 14.7 Å². The van der Waals surface area contributed by atoms with Crippen molar-refractivity contribution in [1.29, 1.82) is 0 Å². The van der Waals surface area contributed by atoms with Gasteiger partial charge in [0.25, 0.3) is 0 Å². The third kappa shape index (κ3) is 4.55. The molecule has 0 saturated carbocycles. The van der Waals surface area contributed by atoms with Crippen molar-refractivity contribution in [3.63, 3.8) is 0 Å². The van der Waals surface area contributed by atoms with Crippen LogP contribution >= 0.6 is 0 Å². The molecule has 140 valence electrons. The fourth-order valence-electron chi connectivity index (χ4n) is 2.71. The SMILES string of the molecule is COC(=O)c1cc(O)c2cc(NC(=O)NCCCn3ccnc3)ccc2c1. The van der Waals surface area contributed by atoms with Crippen molar-refractivity contribution in [1.82, 2.24) is 14.9 Å². The molecule has 2 amide bonds. The predicted molar refractivity (Wildman–Crippen MR) is 101 cm³/mol. The zero-order valence-corrected chi connectivity index (χ0v) is 14.8. The second-order valence-electron chi connectivity index (χ2n) is 5.96. The Morgan fingerprint density at radius 1 is 1.26 bits per heavy atom. The summed E-state index contributed by atoms with van der Waals surface area (Å²) < 4.78 is 6.61. The molecule has 3 aromatic rings. The number of carbonyl (C=O) groups is 2. The minimum absolute atomic E-state index is 0.0581. The molecule has 3 rings (SSSR count). The Balaban J connectivity index is 1.60. The highest BCUT2D eigenvalue weighted by Gasteiger charge is 2.11. The second-order valence-corrected chi connectivity index (χ2v) is 5.96. The van der Waals surface area contributed by atoms with Crippen LogP contribution in [0, 0.1) is 0 Å². The predicted octanol–water partition coefficient (Wildman–Crippen LogP) is 2.74. The van der Waals surface area contributed by atoms with Gasteiger partial charge in [0.15, 0.2) is 0 Å². The zero-order chi connectivity index (χ0) is 19.2. The van der Waals surface area contributed by atoms with E-state index in [-0.39, 0.29) is 17.3 Å². The van der Waals surface area contributed by atoms with E-state index in [1.54, 1.807) is 36.8 Å². The highest BCUT2D eigenvalue weighted by atomic mass is 16.5. The Hall–Kier alpha value is -3.55. The lowest BCUT2D eigenvalue weighted by Gasteiger charge is -2.10. The van der Waals surface area contributed by atoms with Crippen LogP contribution in [0.3, 0.4) is 0 Å². The number of amides is 2. The van der Waals surface area contributed by atoms with E-state index in [4.69, 9.17) is 0 Å². The maximum absolute atomic E-state index is 12.0. The summed E-state index contributed by atoms with van der Waals surface area (Å²) in [5.74, 6) is -0.582. The highest BCUT2D eigenvalue weighted by molar-refractivity contribution is 6.00. The van der Waals surface area contributed by atoms with E-state index in [0.29, 0.717) is 23.0 Å². The number of carbonyl (C=O) groups excluding carboxylic acids is 2. The van der Waals surface area contributed by atoms with Crippen LogP contribution in [-0.4, -0.2) is 40.3 Å². The number of aromatic hydroxyl groups is 1. The van der Waals surface area contributed by atoms with E-state index < -0.39 is 5.97 Å². The van der Waals surface area contributed by atoms with Crippen LogP contribution in [0.15, 0.2) is 49.1 Å². The van der Waals surface area contributed by atoms with Gasteiger partial charge in [-0.2, -0.15) is 0 Å². The lowest BCUT2D eigenvalue weighted by atomic mass is 10.0. The minimum atomic E-state index is -0.524. The van der Waals surface area contributed by atoms with Crippen molar-refractivity contribution in [3.8, 4) is 5.75 Å². The van der Waals surface area contributed by atoms with Gasteiger partial charge < -0.3 is 25.0 Å². The number of ether oxygens (including phenoxy) is 1. The van der Waals surface area contributed by atoms with Gasteiger partial charge in [-0.15, -0.1) is 0 Å². The van der Waals surface area contributed by atoms with Crippen molar-refractivity contribution in [3.05, 3.63) is 54.6 Å². The number of hydrogen-bond acceptors (Lipinski definition) is 5. The standard InChI is InChI=1S/C19H20N4O4/c1-27-18(25)14-9-13-3-4-15(11-16(13)17(24)10-14)22-19(26)21-5-2-7-23-8-6-20-12-23/h3-4,6,8-12,24H,2,5,7H2,1H3,(H2,21,22,26). The van der Waals surface area contributed by atoms with Crippen LogP contribution in [0.5, 0.6) is 5.75 Å². The summed E-state index contributed by atoms with van der Waals surface area (Å²) in [6.45, 7) is 1.29. The number of nitrogens with zero attached hydrogens (tertiary/aromatic N) is 2. The van der Waals surface area contributed by atoms with Crippen molar-refractivity contribution < 1.29 is 19.4 Å². The monoisotopic (exact) mass is 368 g/mol. The first kappa shape index (κ1) is 18.2. The largest absolute Gasteiger partial charge is 0.507 e. The lowest BCUT2D eigenvalue weighted by Crippen LogP contribution is -2.30. The number of fused-ring (bicyclic) bond motifs is 1. The van der Waals surface area contributed by atoms with Gasteiger partial charge in [-0.3, -0.25) is 0 Å².